The van der Waals surface area contributed by atoms with Gasteiger partial charge >= 0.3 is 5.97 Å². The normalized spacial score (nSPS) is 21.5. The van der Waals surface area contributed by atoms with Crippen LogP contribution in [0, 0.1) is 11.3 Å². The number of benzene rings is 3. The number of methoxy groups -OCH3 is 1. The number of fused-ring (bicyclic) bond motifs is 1. The van der Waals surface area contributed by atoms with E-state index in [1.54, 1.807) is 17.7 Å². The highest BCUT2D eigenvalue weighted by atomic mass is 16.5. The molecule has 0 amide bonds. The van der Waals surface area contributed by atoms with E-state index in [0.29, 0.717) is 18.1 Å². The summed E-state index contributed by atoms with van der Waals surface area (Å²) in [5.41, 5.74) is 14.7. The SMILES string of the molecule is C=C(c1ccccc1OCc1ccc(C(=O)OC)cc1)C12CCC(N)C1CC(CCCCCC)=C2c1ccccc1. The van der Waals surface area contributed by atoms with Crippen LogP contribution in [0.3, 0.4) is 0 Å². The van der Waals surface area contributed by atoms with Crippen LogP contribution in [0.15, 0.2) is 91.0 Å². The Morgan fingerprint density at radius 1 is 0.976 bits per heavy atom. The quantitative estimate of drug-likeness (QED) is 0.181. The largest absolute Gasteiger partial charge is 0.488 e. The molecule has 0 aliphatic heterocycles. The Bertz CT molecular complexity index is 1390. The number of nitrogens with two attached hydrogens (primary N) is 1. The van der Waals surface area contributed by atoms with E-state index in [0.717, 1.165) is 48.1 Å². The van der Waals surface area contributed by atoms with Gasteiger partial charge in [0.05, 0.1) is 12.7 Å². The van der Waals surface area contributed by atoms with Crippen LogP contribution >= 0.6 is 0 Å². The molecule has 0 radical (unpaired) electrons. The molecule has 3 atom stereocenters. The monoisotopic (exact) mass is 549 g/mol. The van der Waals surface area contributed by atoms with Crippen LogP contribution < -0.4 is 10.5 Å². The van der Waals surface area contributed by atoms with E-state index in [4.69, 9.17) is 21.8 Å². The molecule has 5 rings (SSSR count). The molecule has 4 heteroatoms. The first-order valence-electron chi connectivity index (χ1n) is 15.1. The second-order valence-corrected chi connectivity index (χ2v) is 11.6. The van der Waals surface area contributed by atoms with Crippen molar-refractivity contribution in [3.05, 3.63) is 113 Å². The molecule has 0 saturated heterocycles. The Hall–Kier alpha value is -3.63. The summed E-state index contributed by atoms with van der Waals surface area (Å²) < 4.78 is 11.3. The van der Waals surface area contributed by atoms with Crippen molar-refractivity contribution in [1.82, 2.24) is 0 Å². The van der Waals surface area contributed by atoms with Gasteiger partial charge in [-0.3, -0.25) is 0 Å². The van der Waals surface area contributed by atoms with Crippen molar-refractivity contribution in [2.75, 3.05) is 7.11 Å². The molecule has 214 valence electrons. The van der Waals surface area contributed by atoms with Gasteiger partial charge in [0.1, 0.15) is 12.4 Å². The van der Waals surface area contributed by atoms with Gasteiger partial charge in [0.25, 0.3) is 0 Å². The average Bonchev–Trinajstić information content (AvgIpc) is 3.52. The van der Waals surface area contributed by atoms with Gasteiger partial charge < -0.3 is 15.2 Å². The van der Waals surface area contributed by atoms with Gasteiger partial charge in [-0.15, -0.1) is 0 Å². The molecule has 0 bridgehead atoms. The highest BCUT2D eigenvalue weighted by Crippen LogP contribution is 2.66. The smallest absolute Gasteiger partial charge is 0.337 e. The van der Waals surface area contributed by atoms with E-state index in [2.05, 4.69) is 49.4 Å². The number of unbranched alkanes of at least 4 members (excludes halogenated alkanes) is 3. The van der Waals surface area contributed by atoms with Crippen molar-refractivity contribution in [3.63, 3.8) is 0 Å². The summed E-state index contributed by atoms with van der Waals surface area (Å²) >= 11 is 0. The van der Waals surface area contributed by atoms with Crippen molar-refractivity contribution >= 4 is 17.1 Å². The number of para-hydroxylation sites is 1. The van der Waals surface area contributed by atoms with Crippen LogP contribution in [0.2, 0.25) is 0 Å². The molecule has 41 heavy (non-hydrogen) atoms. The van der Waals surface area contributed by atoms with Gasteiger partial charge in [-0.05, 0) is 78.5 Å². The molecule has 0 spiro atoms. The summed E-state index contributed by atoms with van der Waals surface area (Å²) in [4.78, 5) is 11.8. The number of ether oxygens (including phenoxy) is 2. The van der Waals surface area contributed by atoms with E-state index < -0.39 is 0 Å². The number of carbonyl (C=O) groups is 1. The van der Waals surface area contributed by atoms with Crippen molar-refractivity contribution in [2.45, 2.75) is 70.9 Å². The maximum absolute atomic E-state index is 11.8. The summed E-state index contributed by atoms with van der Waals surface area (Å²) in [7, 11) is 1.39. The van der Waals surface area contributed by atoms with Gasteiger partial charge in [0.2, 0.25) is 0 Å². The summed E-state index contributed by atoms with van der Waals surface area (Å²) in [5, 5.41) is 0. The molecule has 4 nitrogen and oxygen atoms in total. The van der Waals surface area contributed by atoms with Crippen LogP contribution in [0.5, 0.6) is 5.75 Å². The number of hydrogen-bond acceptors (Lipinski definition) is 4. The Morgan fingerprint density at radius 3 is 2.44 bits per heavy atom. The molecule has 3 aromatic rings. The lowest BCUT2D eigenvalue weighted by atomic mass is 9.66. The first-order valence-corrected chi connectivity index (χ1v) is 15.1. The zero-order valence-corrected chi connectivity index (χ0v) is 24.5. The number of allylic oxidation sites excluding steroid dienone is 3. The third-order valence-electron chi connectivity index (χ3n) is 9.20. The van der Waals surface area contributed by atoms with Crippen molar-refractivity contribution in [3.8, 4) is 5.75 Å². The lowest BCUT2D eigenvalue weighted by Crippen LogP contribution is -2.33. The molecule has 0 aromatic heterocycles. The predicted octanol–water partition coefficient (Wildman–Crippen LogP) is 8.62. The maximum Gasteiger partial charge on any atom is 0.337 e. The van der Waals surface area contributed by atoms with E-state index in [1.165, 1.54) is 43.9 Å². The standard InChI is InChI=1S/C37H43NO3/c1-4-5-6-8-15-30-24-32-33(38)22-23-37(32,35(30)28-13-9-7-10-14-28)26(2)31-16-11-12-17-34(31)41-25-27-18-20-29(21-19-27)36(39)40-3/h7,9-14,16-21,32-33H,2,4-6,8,15,22-25,38H2,1,3H3. The third-order valence-corrected chi connectivity index (χ3v) is 9.20. The van der Waals surface area contributed by atoms with Gasteiger partial charge in [0, 0.05) is 17.0 Å². The van der Waals surface area contributed by atoms with Crippen molar-refractivity contribution < 1.29 is 14.3 Å². The van der Waals surface area contributed by atoms with Crippen LogP contribution in [0.1, 0.15) is 85.3 Å². The molecule has 0 heterocycles. The zero-order chi connectivity index (χ0) is 28.8. The highest BCUT2D eigenvalue weighted by molar-refractivity contribution is 5.91. The number of hydrogen-bond donors (Lipinski definition) is 1. The van der Waals surface area contributed by atoms with E-state index in [1.807, 2.05) is 24.3 Å². The van der Waals surface area contributed by atoms with Gasteiger partial charge in [-0.1, -0.05) is 99.0 Å². The first-order chi connectivity index (χ1) is 20.0. The fourth-order valence-corrected chi connectivity index (χ4v) is 7.15. The number of esters is 1. The van der Waals surface area contributed by atoms with Crippen molar-refractivity contribution in [1.29, 1.82) is 0 Å². The minimum Gasteiger partial charge on any atom is -0.488 e. The second-order valence-electron chi connectivity index (χ2n) is 11.6. The van der Waals surface area contributed by atoms with E-state index in [9.17, 15) is 4.79 Å². The van der Waals surface area contributed by atoms with Crippen molar-refractivity contribution in [2.24, 2.45) is 17.1 Å². The lowest BCUT2D eigenvalue weighted by molar-refractivity contribution is 0.0600. The second kappa shape index (κ2) is 12.9. The van der Waals surface area contributed by atoms with Gasteiger partial charge in [0.15, 0.2) is 0 Å². The minimum atomic E-state index is -0.341. The van der Waals surface area contributed by atoms with Crippen LogP contribution in [-0.4, -0.2) is 19.1 Å². The van der Waals surface area contributed by atoms with Crippen LogP contribution in [0.4, 0.5) is 0 Å². The first kappa shape index (κ1) is 28.9. The Kier molecular flexibility index (Phi) is 9.09. The lowest BCUT2D eigenvalue weighted by Gasteiger charge is -2.37. The molecule has 1 saturated carbocycles. The predicted molar refractivity (Wildman–Crippen MR) is 167 cm³/mol. The number of carbonyl (C=O) groups excluding carboxylic acids is 1. The van der Waals surface area contributed by atoms with Crippen LogP contribution in [-0.2, 0) is 11.3 Å². The summed E-state index contributed by atoms with van der Waals surface area (Å²) in [5.74, 6) is 0.823. The topological polar surface area (TPSA) is 61.5 Å². The minimum absolute atomic E-state index is 0.153. The van der Waals surface area contributed by atoms with Gasteiger partial charge in [-0.2, -0.15) is 0 Å². The molecular weight excluding hydrogens is 506 g/mol. The molecule has 2 aliphatic carbocycles. The highest BCUT2D eigenvalue weighted by Gasteiger charge is 2.56. The van der Waals surface area contributed by atoms with E-state index in [-0.39, 0.29) is 17.4 Å². The third kappa shape index (κ3) is 5.76. The Morgan fingerprint density at radius 2 is 1.71 bits per heavy atom. The van der Waals surface area contributed by atoms with Crippen LogP contribution in [0.25, 0.3) is 11.1 Å². The van der Waals surface area contributed by atoms with Gasteiger partial charge in [-0.25, -0.2) is 4.79 Å². The Balaban J connectivity index is 1.48. The zero-order valence-electron chi connectivity index (χ0n) is 24.5. The molecule has 3 unspecified atom stereocenters. The fraction of sp³-hybridized carbons (Fsp3) is 0.378. The summed E-state index contributed by atoms with van der Waals surface area (Å²) in [6.07, 6.45) is 9.19. The fourth-order valence-electron chi connectivity index (χ4n) is 7.15. The average molecular weight is 550 g/mol. The molecular formula is C37H43NO3. The summed E-state index contributed by atoms with van der Waals surface area (Å²) in [6, 6.07) is 26.7. The summed E-state index contributed by atoms with van der Waals surface area (Å²) in [6.45, 7) is 7.49. The maximum atomic E-state index is 11.8. The number of rotatable bonds is 12. The molecule has 2 N–H and O–H groups in total. The molecule has 3 aromatic carbocycles. The van der Waals surface area contributed by atoms with E-state index >= 15 is 0 Å². The molecule has 1 fully saturated rings. The Labute approximate surface area is 245 Å². The molecule has 2 aliphatic rings.